The molecule has 8 saturated heterocycles. The second kappa shape index (κ2) is 69.6. The molecule has 4 unspecified atom stereocenters. The molecule has 13 rings (SSSR count). The van der Waals surface area contributed by atoms with E-state index in [1.54, 1.807) is 0 Å². The van der Waals surface area contributed by atoms with Gasteiger partial charge in [0.15, 0.2) is 9.84 Å². The molecule has 2 amide bonds. The zero-order valence-electron chi connectivity index (χ0n) is 98.9. The van der Waals surface area contributed by atoms with Crippen molar-refractivity contribution in [2.45, 2.75) is 390 Å². The van der Waals surface area contributed by atoms with Crippen molar-refractivity contribution in [3.05, 3.63) is 0 Å². The van der Waals surface area contributed by atoms with Gasteiger partial charge in [-0.15, -0.1) is 0 Å². The van der Waals surface area contributed by atoms with E-state index in [2.05, 4.69) is 44.3 Å². The molecular formula is C118H214N8O23S. The first-order chi connectivity index (χ1) is 69.5. The van der Waals surface area contributed by atoms with Crippen LogP contribution in [0.3, 0.4) is 0 Å². The number of likely N-dealkylation sites (tertiary alicyclic amines) is 4. The average molecular weight is 2150 g/mol. The van der Waals surface area contributed by atoms with Crippen LogP contribution < -0.4 is 10.6 Å². The summed E-state index contributed by atoms with van der Waals surface area (Å²) < 4.78 is 27.4. The van der Waals surface area contributed by atoms with Crippen molar-refractivity contribution < 1.29 is 111 Å². The molecule has 0 bridgehead atoms. The molecular weight excluding hydrogens is 1930 g/mol. The number of piperidine rings is 4. The van der Waals surface area contributed by atoms with E-state index in [1.165, 1.54) is 6.42 Å². The highest BCUT2D eigenvalue weighted by Crippen LogP contribution is 2.52. The molecule has 4 atom stereocenters. The Labute approximate surface area is 906 Å². The van der Waals surface area contributed by atoms with Gasteiger partial charge in [0.1, 0.15) is 69.4 Å². The van der Waals surface area contributed by atoms with Crippen LogP contribution in [0.5, 0.6) is 0 Å². The number of piperazine rings is 1. The van der Waals surface area contributed by atoms with E-state index in [0.717, 1.165) is 220 Å². The maximum atomic E-state index is 11.8. The van der Waals surface area contributed by atoms with Crippen molar-refractivity contribution in [1.29, 1.82) is 0 Å². The minimum absolute atomic E-state index is 0.00370. The fourth-order valence-corrected chi connectivity index (χ4v) is 21.8. The summed E-state index contributed by atoms with van der Waals surface area (Å²) in [5.41, 5.74) is -0.756. The summed E-state index contributed by atoms with van der Waals surface area (Å²) in [6.07, 6.45) is 21.8. The number of aliphatic hydroxyl groups is 6. The normalized spacial score (nSPS) is 26.2. The Morgan fingerprint density at radius 2 is 0.693 bits per heavy atom. The molecule has 870 valence electrons. The second-order valence-electron chi connectivity index (χ2n) is 50.4. The van der Waals surface area contributed by atoms with Crippen molar-refractivity contribution in [2.24, 2.45) is 123 Å². The Balaban J connectivity index is 0.000000553. The number of aliphatic hydroxyl groups excluding tert-OH is 4. The summed E-state index contributed by atoms with van der Waals surface area (Å²) in [6.45, 7) is 67.0. The molecule has 5 saturated carbocycles. The number of Topliss-reactive ketones (excluding diaryl/α,β-unsaturated/α-hetero) is 12. The Morgan fingerprint density at radius 1 is 0.340 bits per heavy atom. The highest BCUT2D eigenvalue weighted by molar-refractivity contribution is 7.91. The largest absolute Gasteiger partial charge is 0.393 e. The molecule has 13 aliphatic rings. The van der Waals surface area contributed by atoms with Gasteiger partial charge in [-0.1, -0.05) is 173 Å². The van der Waals surface area contributed by atoms with Crippen LogP contribution in [0, 0.1) is 123 Å². The van der Waals surface area contributed by atoms with E-state index >= 15 is 0 Å². The van der Waals surface area contributed by atoms with Gasteiger partial charge >= 0.3 is 0 Å². The van der Waals surface area contributed by atoms with Gasteiger partial charge in [-0.2, -0.15) is 0 Å². The minimum atomic E-state index is -2.82. The first kappa shape index (κ1) is 140. The van der Waals surface area contributed by atoms with Crippen LogP contribution in [0.1, 0.15) is 354 Å². The van der Waals surface area contributed by atoms with E-state index < -0.39 is 21.0 Å². The van der Waals surface area contributed by atoms with Gasteiger partial charge in [0.2, 0.25) is 11.8 Å². The molecule has 13 fully saturated rings. The van der Waals surface area contributed by atoms with Crippen LogP contribution in [0.4, 0.5) is 0 Å². The lowest BCUT2D eigenvalue weighted by molar-refractivity contribution is -0.184. The lowest BCUT2D eigenvalue weighted by Crippen LogP contribution is -2.54. The summed E-state index contributed by atoms with van der Waals surface area (Å²) in [6, 6.07) is 0. The molecule has 31 nitrogen and oxygen atoms in total. The summed E-state index contributed by atoms with van der Waals surface area (Å²) in [4.78, 5) is 172. The van der Waals surface area contributed by atoms with Crippen molar-refractivity contribution in [1.82, 2.24) is 40.0 Å². The summed E-state index contributed by atoms with van der Waals surface area (Å²) in [5.74, 6) is 7.51. The third-order valence-electron chi connectivity index (χ3n) is 31.8. The third kappa shape index (κ3) is 55.6. The number of rotatable bonds is 28. The van der Waals surface area contributed by atoms with Crippen molar-refractivity contribution >= 4 is 91.1 Å². The molecule has 5 aliphatic carbocycles. The average Bonchev–Trinajstić information content (AvgIpc) is 0.881. The van der Waals surface area contributed by atoms with Gasteiger partial charge in [-0.05, 0) is 208 Å². The number of carbonyl (C=O) groups is 14. The third-order valence-corrected chi connectivity index (χ3v) is 33.4. The number of nitrogens with zero attached hydrogens (tertiary/aromatic N) is 6. The summed E-state index contributed by atoms with van der Waals surface area (Å²) >= 11 is 0. The smallest absolute Gasteiger partial charge is 0.234 e. The lowest BCUT2D eigenvalue weighted by Gasteiger charge is -2.53. The van der Waals surface area contributed by atoms with Gasteiger partial charge in [0.05, 0.1) is 93.1 Å². The van der Waals surface area contributed by atoms with E-state index in [4.69, 9.17) is 4.74 Å². The van der Waals surface area contributed by atoms with E-state index in [-0.39, 0.29) is 165 Å². The highest BCUT2D eigenvalue weighted by atomic mass is 32.2. The molecule has 1 spiro atoms. The number of sulfone groups is 1. The number of amides is 2. The van der Waals surface area contributed by atoms with Gasteiger partial charge < -0.3 is 55.8 Å². The van der Waals surface area contributed by atoms with E-state index in [9.17, 15) is 106 Å². The van der Waals surface area contributed by atoms with Crippen molar-refractivity contribution in [2.75, 3.05) is 157 Å². The topological polar surface area (TPSA) is 447 Å². The summed E-state index contributed by atoms with van der Waals surface area (Å²) in [7, 11) is 1.39. The van der Waals surface area contributed by atoms with Crippen LogP contribution in [0.15, 0.2) is 0 Å². The predicted octanol–water partition coefficient (Wildman–Crippen LogP) is 13.8. The maximum Gasteiger partial charge on any atom is 0.234 e. The SMILES string of the molecule is CC(C)C(=O)C1(C)CCC(O)CC1.CC(C)C(=O)C1CC2(COC2)C1.CC(C)C(=O)C1CCC(C)(O)CC1.CC(C)C(=O)C1CCC(O)C1.CC(C)C(=O)C1CCC(O)CC1.CC(C)C(=O)C1CCCN(C)C1.CC(C)C(=O)C1CCN(C)CC1.CC(C)C(=O)C1CNC(=O)C1.CC(C)C(=O)CN1CCC(C)(O)CC1.CC(C)C(=O)CN1CCC(O)CC1.CC(C)C(=O)CN1CCNC(=O)C1.CC(C)C(=O)CN1CCS(=O)(=O)CC1. The Morgan fingerprint density at radius 3 is 1.07 bits per heavy atom. The van der Waals surface area contributed by atoms with Gasteiger partial charge in [0.25, 0.3) is 0 Å². The number of carbonyl (C=O) groups excluding carboxylic acids is 14. The Bertz CT molecular complexity index is 4100. The number of hydrogen-bond acceptors (Lipinski definition) is 29. The standard InChI is InChI=1S/C11H21NO2.2C11H20O2.C10H19NO2.2C10H19NO.C10H16O2.C10H18O2.C9H16N2O2.C9H17NO3S.C9H16O2.C8H13NO2/c1-9(2)10(13)8-12-6-4-11(3,14)5-7-12;1-8(2)10(13)11(3)6-4-9(12)5-7-11;1-8(2)10(12)9-4-6-11(3,13)7-5-9;1-8(2)10(13)7-11-5-3-9(12)4-6-11;1-8(2)10(12)9-4-6-11(3)7-5-9;1-8(2)10(12)9-5-4-6-11(3)7-9;1-7(2)9(11)8-3-10(4-8)5-12-6-10;1-7(2)10(12)8-3-5-9(11)6-4-8;1-7(2)8(12)5-11-4-3-10-9(13)6-11;1-8(2)9(11)7-10-3-5-14(12,13)6-4-10;1-6(2)9(11)7-3-4-8(10)5-7;1-5(2)8(11)6-3-7(10)9-4-6/h9,14H,4-8H2,1-3H3;8-9,12H,4-7H2,1-3H3;8-9,13H,4-7H2,1-3H3;8-9,12H,3-7H2,1-2H3;2*8-9H,4-7H2,1-3H3;7-8H,3-6H2,1-2H3;7-9,11H,3-6H2,1-2H3;7H,3-6H2,1-2H3,(H,10,13);8H,3-7H2,1-2H3;6-8,10H,3-5H2,1-2H3;5-6H,3-4H2,1-2H3,(H,9,10). The maximum absolute atomic E-state index is 11.8. The number of ether oxygens (including phenoxy) is 1. The van der Waals surface area contributed by atoms with Gasteiger partial charge in [0, 0.05) is 195 Å². The van der Waals surface area contributed by atoms with Gasteiger partial charge in [-0.25, -0.2) is 8.42 Å². The molecule has 0 radical (unpaired) electrons. The molecule has 0 aromatic rings. The molecule has 150 heavy (non-hydrogen) atoms. The Kier molecular flexibility index (Phi) is 65.2. The van der Waals surface area contributed by atoms with Crippen LogP contribution in [0.2, 0.25) is 0 Å². The lowest BCUT2D eigenvalue weighted by atomic mass is 9.58. The monoisotopic (exact) mass is 2140 g/mol. The van der Waals surface area contributed by atoms with Crippen LogP contribution in [-0.4, -0.2) is 342 Å². The number of hydrogen-bond donors (Lipinski definition) is 8. The number of ketones is 12. The minimum Gasteiger partial charge on any atom is -0.393 e. The van der Waals surface area contributed by atoms with Crippen molar-refractivity contribution in [3.63, 3.8) is 0 Å². The Hall–Kier alpha value is -5.59. The first-order valence-corrected chi connectivity index (χ1v) is 59.5. The molecule has 0 aromatic carbocycles. The van der Waals surface area contributed by atoms with Crippen LogP contribution in [0.25, 0.3) is 0 Å². The van der Waals surface area contributed by atoms with Crippen LogP contribution >= 0.6 is 0 Å². The predicted molar refractivity (Wildman–Crippen MR) is 595 cm³/mol. The number of nitrogens with one attached hydrogen (secondary N) is 2. The van der Waals surface area contributed by atoms with E-state index in [0.29, 0.717) is 147 Å². The first-order valence-electron chi connectivity index (χ1n) is 57.7. The van der Waals surface area contributed by atoms with Crippen LogP contribution in [-0.2, 0) is 81.7 Å². The molecule has 32 heteroatoms. The summed E-state index contributed by atoms with van der Waals surface area (Å²) in [5, 5.41) is 61.8. The van der Waals surface area contributed by atoms with E-state index in [1.807, 2.05) is 197 Å². The second-order valence-corrected chi connectivity index (χ2v) is 52.7. The highest BCUT2D eigenvalue weighted by Gasteiger charge is 2.52. The molecule has 0 aromatic heterocycles. The molecule has 8 aliphatic heterocycles. The zero-order chi connectivity index (χ0) is 114. The van der Waals surface area contributed by atoms with Gasteiger partial charge in [-0.3, -0.25) is 86.7 Å². The quantitative estimate of drug-likeness (QED) is 0.0361. The zero-order valence-corrected chi connectivity index (χ0v) is 99.8. The molecule has 8 heterocycles. The fourth-order valence-electron chi connectivity index (χ4n) is 20.5. The fraction of sp³-hybridized carbons (Fsp3) is 0.881. The van der Waals surface area contributed by atoms with Crippen molar-refractivity contribution in [3.8, 4) is 0 Å². The molecule has 8 N–H and O–H groups in total.